The molecule has 2 aliphatic rings. The lowest BCUT2D eigenvalue weighted by atomic mass is 9.64. The zero-order chi connectivity index (χ0) is 29.1. The first kappa shape index (κ1) is 24.7. The molecule has 9 rings (SSSR count). The van der Waals surface area contributed by atoms with Gasteiger partial charge < -0.3 is 4.90 Å². The molecular weight excluding hydrogens is 536 g/mol. The Morgan fingerprint density at radius 1 is 0.477 bits per heavy atom. The highest BCUT2D eigenvalue weighted by atomic mass is 15.2. The van der Waals surface area contributed by atoms with Crippen molar-refractivity contribution < 1.29 is 0 Å². The van der Waals surface area contributed by atoms with E-state index in [9.17, 15) is 0 Å². The Hall–Kier alpha value is -5.87. The van der Waals surface area contributed by atoms with Gasteiger partial charge >= 0.3 is 0 Å². The number of aromatic nitrogens is 3. The fourth-order valence-electron chi connectivity index (χ4n) is 7.25. The van der Waals surface area contributed by atoms with Gasteiger partial charge in [-0.15, -0.1) is 0 Å². The summed E-state index contributed by atoms with van der Waals surface area (Å²) < 4.78 is 0. The van der Waals surface area contributed by atoms with Crippen LogP contribution in [0.5, 0.6) is 0 Å². The predicted molar refractivity (Wildman–Crippen MR) is 176 cm³/mol. The number of anilines is 3. The molecule has 4 heteroatoms. The van der Waals surface area contributed by atoms with Crippen molar-refractivity contribution in [1.29, 1.82) is 0 Å². The van der Waals surface area contributed by atoms with Gasteiger partial charge in [-0.05, 0) is 53.1 Å². The van der Waals surface area contributed by atoms with Crippen LogP contribution in [0.4, 0.5) is 17.1 Å². The summed E-state index contributed by atoms with van der Waals surface area (Å²) >= 11 is 0. The molecule has 0 bridgehead atoms. The molecule has 0 saturated heterocycles. The average molecular weight is 563 g/mol. The van der Waals surface area contributed by atoms with Gasteiger partial charge in [0.1, 0.15) is 0 Å². The highest BCUT2D eigenvalue weighted by Crippen LogP contribution is 2.64. The van der Waals surface area contributed by atoms with Gasteiger partial charge in [-0.1, -0.05) is 109 Å². The second-order valence-electron chi connectivity index (χ2n) is 11.2. The molecule has 0 fully saturated rings. The molecule has 7 aromatic rings. The Balaban J connectivity index is 1.46. The van der Waals surface area contributed by atoms with Crippen LogP contribution in [-0.4, -0.2) is 15.0 Å². The second-order valence-corrected chi connectivity index (χ2v) is 11.2. The van der Waals surface area contributed by atoms with E-state index in [0.29, 0.717) is 5.82 Å². The molecule has 206 valence electrons. The Labute approximate surface area is 256 Å². The monoisotopic (exact) mass is 562 g/mol. The first-order valence-electron chi connectivity index (χ1n) is 14.9. The van der Waals surface area contributed by atoms with Crippen LogP contribution < -0.4 is 4.90 Å². The lowest BCUT2D eigenvalue weighted by molar-refractivity contribution is 0.748. The minimum atomic E-state index is -0.648. The van der Waals surface area contributed by atoms with E-state index in [-0.39, 0.29) is 0 Å². The number of fused-ring (bicyclic) bond motifs is 9. The molecular formula is C40H26N4. The Morgan fingerprint density at radius 3 is 1.73 bits per heavy atom. The molecule has 0 radical (unpaired) electrons. The Bertz CT molecular complexity index is 2130. The van der Waals surface area contributed by atoms with Gasteiger partial charge in [-0.3, -0.25) is 4.98 Å². The molecule has 0 amide bonds. The van der Waals surface area contributed by atoms with E-state index in [2.05, 4.69) is 131 Å². The first-order valence-corrected chi connectivity index (χ1v) is 14.9. The molecule has 4 nitrogen and oxygen atoms in total. The van der Waals surface area contributed by atoms with Crippen LogP contribution in [0.1, 0.15) is 22.3 Å². The zero-order valence-electron chi connectivity index (χ0n) is 23.8. The molecule has 44 heavy (non-hydrogen) atoms. The lowest BCUT2D eigenvalue weighted by Gasteiger charge is -2.45. The fourth-order valence-corrected chi connectivity index (χ4v) is 7.25. The summed E-state index contributed by atoms with van der Waals surface area (Å²) in [7, 11) is 0. The molecule has 0 saturated carbocycles. The predicted octanol–water partition coefficient (Wildman–Crippen LogP) is 9.35. The van der Waals surface area contributed by atoms with Crippen LogP contribution in [0.15, 0.2) is 158 Å². The molecule has 1 aliphatic heterocycles. The topological polar surface area (TPSA) is 41.9 Å². The largest absolute Gasteiger partial charge is 0.310 e. The van der Waals surface area contributed by atoms with E-state index in [0.717, 1.165) is 50.7 Å². The first-order chi connectivity index (χ1) is 21.9. The lowest BCUT2D eigenvalue weighted by Crippen LogP contribution is -2.36. The minimum absolute atomic E-state index is 0.648. The van der Waals surface area contributed by atoms with Crippen molar-refractivity contribution in [3.8, 4) is 33.9 Å². The van der Waals surface area contributed by atoms with Gasteiger partial charge in [0.05, 0.1) is 28.2 Å². The third-order valence-electron chi connectivity index (χ3n) is 8.95. The van der Waals surface area contributed by atoms with E-state index in [4.69, 9.17) is 9.97 Å². The van der Waals surface area contributed by atoms with Gasteiger partial charge in [0.25, 0.3) is 0 Å². The minimum Gasteiger partial charge on any atom is -0.310 e. The summed E-state index contributed by atoms with van der Waals surface area (Å²) in [6.07, 6.45) is 3.74. The smallest absolute Gasteiger partial charge is 0.160 e. The van der Waals surface area contributed by atoms with E-state index >= 15 is 0 Å². The van der Waals surface area contributed by atoms with E-state index in [1.165, 1.54) is 16.7 Å². The van der Waals surface area contributed by atoms with Gasteiger partial charge in [-0.2, -0.15) is 0 Å². The van der Waals surface area contributed by atoms with Gasteiger partial charge in [-0.25, -0.2) is 9.97 Å². The molecule has 1 aliphatic carbocycles. The summed E-state index contributed by atoms with van der Waals surface area (Å²) in [4.78, 5) is 17.7. The van der Waals surface area contributed by atoms with Crippen LogP contribution in [0, 0.1) is 0 Å². The van der Waals surface area contributed by atoms with Crippen LogP contribution in [0.2, 0.25) is 0 Å². The zero-order valence-corrected chi connectivity index (χ0v) is 23.8. The van der Waals surface area contributed by atoms with Crippen LogP contribution in [-0.2, 0) is 5.41 Å². The highest BCUT2D eigenvalue weighted by Gasteiger charge is 2.54. The maximum absolute atomic E-state index is 5.38. The van der Waals surface area contributed by atoms with E-state index < -0.39 is 5.41 Å². The number of rotatable bonds is 3. The van der Waals surface area contributed by atoms with Gasteiger partial charge in [0, 0.05) is 40.3 Å². The highest BCUT2D eigenvalue weighted by molar-refractivity contribution is 5.97. The fraction of sp³-hybridized carbons (Fsp3) is 0.0250. The molecule has 5 aromatic carbocycles. The summed E-state index contributed by atoms with van der Waals surface area (Å²) in [6, 6.07) is 51.4. The van der Waals surface area contributed by atoms with E-state index in [1.54, 1.807) is 0 Å². The molecule has 0 N–H and O–H groups in total. The molecule has 0 atom stereocenters. The third-order valence-corrected chi connectivity index (χ3v) is 8.95. The summed E-state index contributed by atoms with van der Waals surface area (Å²) in [6.45, 7) is 0. The van der Waals surface area contributed by atoms with Crippen LogP contribution >= 0.6 is 0 Å². The van der Waals surface area contributed by atoms with Crippen LogP contribution in [0.25, 0.3) is 33.9 Å². The normalized spacial score (nSPS) is 13.6. The van der Waals surface area contributed by atoms with Gasteiger partial charge in [0.15, 0.2) is 5.82 Å². The van der Waals surface area contributed by atoms with Crippen molar-refractivity contribution in [3.05, 3.63) is 180 Å². The summed E-state index contributed by atoms with van der Waals surface area (Å²) in [5.41, 5.74) is 12.4. The molecule has 1 spiro atoms. The maximum atomic E-state index is 5.38. The third kappa shape index (κ3) is 3.36. The summed E-state index contributed by atoms with van der Waals surface area (Å²) in [5.74, 6) is 0.707. The summed E-state index contributed by atoms with van der Waals surface area (Å²) in [5, 5.41) is 0. The molecule has 2 aromatic heterocycles. The van der Waals surface area contributed by atoms with Crippen molar-refractivity contribution in [2.75, 3.05) is 4.90 Å². The average Bonchev–Trinajstić information content (AvgIpc) is 3.40. The van der Waals surface area contributed by atoms with Crippen molar-refractivity contribution in [2.45, 2.75) is 5.41 Å². The van der Waals surface area contributed by atoms with Crippen LogP contribution in [0.3, 0.4) is 0 Å². The van der Waals surface area contributed by atoms with Crippen molar-refractivity contribution in [3.63, 3.8) is 0 Å². The number of nitrogens with zero attached hydrogens (tertiary/aromatic N) is 4. The number of hydrogen-bond acceptors (Lipinski definition) is 4. The van der Waals surface area contributed by atoms with Crippen molar-refractivity contribution in [2.24, 2.45) is 0 Å². The molecule has 3 heterocycles. The Kier molecular flexibility index (Phi) is 5.38. The number of para-hydroxylation sites is 3. The van der Waals surface area contributed by atoms with Crippen molar-refractivity contribution >= 4 is 17.1 Å². The second kappa shape index (κ2) is 9.58. The number of hydrogen-bond donors (Lipinski definition) is 0. The number of pyridine rings is 1. The van der Waals surface area contributed by atoms with Crippen molar-refractivity contribution in [1.82, 2.24) is 15.0 Å². The number of benzene rings is 5. The Morgan fingerprint density at radius 2 is 1.05 bits per heavy atom. The SMILES string of the molecule is c1ccc(-c2nc(-c3cccnc3)c3c(n2)-c2ccccc2C32c3ccccc3N(c3ccccc3)c3ccccc32)cc1. The van der Waals surface area contributed by atoms with Gasteiger partial charge in [0.2, 0.25) is 0 Å². The standard InChI is InChI=1S/C40H26N4/c1-3-14-27(15-4-1)39-42-37(28-16-13-25-41-26-28)36-38(43-39)30-19-7-8-20-31(30)40(36)32-21-9-11-23-34(32)44(29-17-5-2-6-18-29)35-24-12-10-22-33(35)40/h1-26H. The maximum Gasteiger partial charge on any atom is 0.160 e. The quantitative estimate of drug-likeness (QED) is 0.215. The van der Waals surface area contributed by atoms with E-state index in [1.807, 2.05) is 36.7 Å². The molecule has 0 unspecified atom stereocenters.